The van der Waals surface area contributed by atoms with Crippen molar-refractivity contribution in [1.29, 1.82) is 0 Å². The Balaban J connectivity index is 3.68. The number of hydrogen-bond acceptors (Lipinski definition) is 2. The molecule has 2 unspecified atom stereocenters. The minimum Gasteiger partial charge on any atom is -0.327 e. The molecule has 14 heavy (non-hydrogen) atoms. The number of likely N-dealkylation sites (N-methyl/N-ethyl adjacent to an activating group) is 1. The Hall–Kier alpha value is -0.0800. The van der Waals surface area contributed by atoms with Gasteiger partial charge in [-0.05, 0) is 26.3 Å². The maximum atomic E-state index is 5.77. The summed E-state index contributed by atoms with van der Waals surface area (Å²) in [4.78, 5) is 2.37. The van der Waals surface area contributed by atoms with Gasteiger partial charge in [-0.3, -0.25) is 0 Å². The van der Waals surface area contributed by atoms with Gasteiger partial charge in [-0.2, -0.15) is 0 Å². The quantitative estimate of drug-likeness (QED) is 0.652. The SMILES string of the molecule is CCCCC(CC)CN(C)CC(C)N. The average Bonchev–Trinajstić information content (AvgIpc) is 2.10. The Labute approximate surface area is 89.9 Å². The fraction of sp³-hybridized carbons (Fsp3) is 1.00. The Morgan fingerprint density at radius 1 is 1.21 bits per heavy atom. The van der Waals surface area contributed by atoms with Gasteiger partial charge in [0, 0.05) is 19.1 Å². The van der Waals surface area contributed by atoms with Gasteiger partial charge >= 0.3 is 0 Å². The van der Waals surface area contributed by atoms with Crippen molar-refractivity contribution < 1.29 is 0 Å². The van der Waals surface area contributed by atoms with Gasteiger partial charge in [0.05, 0.1) is 0 Å². The van der Waals surface area contributed by atoms with Crippen LogP contribution >= 0.6 is 0 Å². The van der Waals surface area contributed by atoms with Crippen molar-refractivity contribution in [3.63, 3.8) is 0 Å². The lowest BCUT2D eigenvalue weighted by Gasteiger charge is -2.24. The smallest absolute Gasteiger partial charge is 0.0139 e. The van der Waals surface area contributed by atoms with Crippen molar-refractivity contribution in [2.24, 2.45) is 11.7 Å². The van der Waals surface area contributed by atoms with Crippen LogP contribution in [0, 0.1) is 5.92 Å². The van der Waals surface area contributed by atoms with Crippen LogP contribution < -0.4 is 5.73 Å². The second-order valence-corrected chi connectivity index (χ2v) is 4.61. The highest BCUT2D eigenvalue weighted by atomic mass is 15.1. The van der Waals surface area contributed by atoms with Crippen molar-refractivity contribution in [2.45, 2.75) is 52.5 Å². The normalized spacial score (nSPS) is 15.9. The van der Waals surface area contributed by atoms with Gasteiger partial charge in [-0.1, -0.05) is 33.1 Å². The molecule has 2 heteroatoms. The van der Waals surface area contributed by atoms with E-state index in [0.717, 1.165) is 12.5 Å². The van der Waals surface area contributed by atoms with Crippen molar-refractivity contribution in [1.82, 2.24) is 4.90 Å². The van der Waals surface area contributed by atoms with Crippen LogP contribution in [0.3, 0.4) is 0 Å². The summed E-state index contributed by atoms with van der Waals surface area (Å²) >= 11 is 0. The number of nitrogens with two attached hydrogens (primary N) is 1. The van der Waals surface area contributed by atoms with E-state index < -0.39 is 0 Å². The molecule has 0 aliphatic carbocycles. The molecule has 2 atom stereocenters. The van der Waals surface area contributed by atoms with E-state index in [1.165, 1.54) is 32.2 Å². The second-order valence-electron chi connectivity index (χ2n) is 4.61. The maximum Gasteiger partial charge on any atom is 0.0139 e. The molecule has 0 amide bonds. The lowest BCUT2D eigenvalue weighted by molar-refractivity contribution is 0.250. The zero-order valence-electron chi connectivity index (χ0n) is 10.4. The van der Waals surface area contributed by atoms with E-state index in [0.29, 0.717) is 6.04 Å². The first kappa shape index (κ1) is 13.9. The molecular weight excluding hydrogens is 172 g/mol. The zero-order chi connectivity index (χ0) is 11.0. The predicted molar refractivity (Wildman–Crippen MR) is 64.5 cm³/mol. The van der Waals surface area contributed by atoms with Crippen LogP contribution in [0.5, 0.6) is 0 Å². The molecule has 2 N–H and O–H groups in total. The lowest BCUT2D eigenvalue weighted by atomic mass is 9.99. The van der Waals surface area contributed by atoms with Gasteiger partial charge in [0.15, 0.2) is 0 Å². The largest absolute Gasteiger partial charge is 0.327 e. The highest BCUT2D eigenvalue weighted by Gasteiger charge is 2.09. The summed E-state index contributed by atoms with van der Waals surface area (Å²) in [6.45, 7) is 8.85. The fourth-order valence-corrected chi connectivity index (χ4v) is 1.92. The lowest BCUT2D eigenvalue weighted by Crippen LogP contribution is -2.35. The number of rotatable bonds is 8. The third-order valence-electron chi connectivity index (χ3n) is 2.71. The van der Waals surface area contributed by atoms with Gasteiger partial charge < -0.3 is 10.6 Å². The standard InChI is InChI=1S/C12H28N2/c1-5-7-8-12(6-2)10-14(4)9-11(3)13/h11-12H,5-10,13H2,1-4H3. The first-order chi connectivity index (χ1) is 6.60. The highest BCUT2D eigenvalue weighted by molar-refractivity contribution is 4.65. The summed E-state index contributed by atoms with van der Waals surface area (Å²) in [7, 11) is 2.18. The molecule has 0 aromatic rings. The third-order valence-corrected chi connectivity index (χ3v) is 2.71. The second kappa shape index (κ2) is 8.25. The monoisotopic (exact) mass is 200 g/mol. The molecule has 0 aromatic carbocycles. The van der Waals surface area contributed by atoms with E-state index in [1.54, 1.807) is 0 Å². The molecule has 0 saturated carbocycles. The molecular formula is C12H28N2. The first-order valence-electron chi connectivity index (χ1n) is 6.04. The average molecular weight is 200 g/mol. The molecule has 0 heterocycles. The molecule has 0 spiro atoms. The van der Waals surface area contributed by atoms with Gasteiger partial charge in [0.1, 0.15) is 0 Å². The molecule has 0 rings (SSSR count). The molecule has 2 nitrogen and oxygen atoms in total. The maximum absolute atomic E-state index is 5.77. The fourth-order valence-electron chi connectivity index (χ4n) is 1.92. The van der Waals surface area contributed by atoms with Crippen LogP contribution in [0.4, 0.5) is 0 Å². The van der Waals surface area contributed by atoms with E-state index in [4.69, 9.17) is 5.73 Å². The Morgan fingerprint density at radius 2 is 1.86 bits per heavy atom. The van der Waals surface area contributed by atoms with Crippen molar-refractivity contribution in [3.8, 4) is 0 Å². The Bertz CT molecular complexity index is 123. The summed E-state index contributed by atoms with van der Waals surface area (Å²) < 4.78 is 0. The summed E-state index contributed by atoms with van der Waals surface area (Å²) in [5.74, 6) is 0.860. The van der Waals surface area contributed by atoms with Crippen molar-refractivity contribution in [2.75, 3.05) is 20.1 Å². The van der Waals surface area contributed by atoms with E-state index >= 15 is 0 Å². The van der Waals surface area contributed by atoms with Crippen LogP contribution in [0.25, 0.3) is 0 Å². The summed E-state index contributed by atoms with van der Waals surface area (Å²) in [5.41, 5.74) is 5.77. The van der Waals surface area contributed by atoms with Crippen molar-refractivity contribution >= 4 is 0 Å². The van der Waals surface area contributed by atoms with Crippen LogP contribution in [-0.4, -0.2) is 31.1 Å². The predicted octanol–water partition coefficient (Wildman–Crippen LogP) is 2.48. The number of unbranched alkanes of at least 4 members (excludes halogenated alkanes) is 1. The van der Waals surface area contributed by atoms with E-state index in [1.807, 2.05) is 0 Å². The van der Waals surface area contributed by atoms with Crippen LogP contribution in [0.15, 0.2) is 0 Å². The highest BCUT2D eigenvalue weighted by Crippen LogP contribution is 2.13. The Kier molecular flexibility index (Phi) is 8.20. The third kappa shape index (κ3) is 7.34. The molecule has 0 fully saturated rings. The van der Waals surface area contributed by atoms with Gasteiger partial charge in [-0.25, -0.2) is 0 Å². The summed E-state index contributed by atoms with van der Waals surface area (Å²) in [5, 5.41) is 0. The molecule has 0 aromatic heterocycles. The van der Waals surface area contributed by atoms with Gasteiger partial charge in [0.2, 0.25) is 0 Å². The summed E-state index contributed by atoms with van der Waals surface area (Å²) in [6, 6.07) is 0.295. The van der Waals surface area contributed by atoms with Crippen molar-refractivity contribution in [3.05, 3.63) is 0 Å². The van der Waals surface area contributed by atoms with Gasteiger partial charge in [-0.15, -0.1) is 0 Å². The Morgan fingerprint density at radius 3 is 2.29 bits per heavy atom. The zero-order valence-corrected chi connectivity index (χ0v) is 10.4. The topological polar surface area (TPSA) is 29.3 Å². The number of hydrogen-bond donors (Lipinski definition) is 1. The molecule has 0 aliphatic heterocycles. The van der Waals surface area contributed by atoms with Crippen LogP contribution in [0.1, 0.15) is 46.5 Å². The molecule has 0 radical (unpaired) electrons. The van der Waals surface area contributed by atoms with E-state index in [2.05, 4.69) is 32.7 Å². The minimum absolute atomic E-state index is 0.295. The molecule has 0 aliphatic rings. The van der Waals surface area contributed by atoms with Crippen LogP contribution in [0.2, 0.25) is 0 Å². The molecule has 86 valence electrons. The van der Waals surface area contributed by atoms with E-state index in [9.17, 15) is 0 Å². The number of nitrogens with zero attached hydrogens (tertiary/aromatic N) is 1. The minimum atomic E-state index is 0.295. The molecule has 0 bridgehead atoms. The first-order valence-corrected chi connectivity index (χ1v) is 6.04. The van der Waals surface area contributed by atoms with Gasteiger partial charge in [0.25, 0.3) is 0 Å². The summed E-state index contributed by atoms with van der Waals surface area (Å²) in [6.07, 6.45) is 5.34. The molecule has 0 saturated heterocycles. The van der Waals surface area contributed by atoms with E-state index in [-0.39, 0.29) is 0 Å². The van der Waals surface area contributed by atoms with Crippen LogP contribution in [-0.2, 0) is 0 Å².